The number of halogens is 1. The van der Waals surface area contributed by atoms with Crippen molar-refractivity contribution in [3.63, 3.8) is 0 Å². The summed E-state index contributed by atoms with van der Waals surface area (Å²) in [6, 6.07) is 0. The maximum absolute atomic E-state index is 8.88. The highest BCUT2D eigenvalue weighted by atomic mass is 35.5. The van der Waals surface area contributed by atoms with Crippen molar-refractivity contribution in [3.8, 4) is 0 Å². The maximum Gasteiger partial charge on any atom is 0.0870 e. The molecule has 2 nitrogen and oxygen atoms in total. The summed E-state index contributed by atoms with van der Waals surface area (Å²) < 4.78 is 0. The number of nitrogens with zero attached hydrogens (tertiary/aromatic N) is 1. The van der Waals surface area contributed by atoms with Crippen LogP contribution in [-0.2, 0) is 0 Å². The zero-order chi connectivity index (χ0) is 5.98. The Bertz CT molecular complexity index is 152. The lowest BCUT2D eigenvalue weighted by atomic mass is 10.4. The average Bonchev–Trinajstić information content (AvgIpc) is 2.12. The Morgan fingerprint density at radius 1 is 1.78 bits per heavy atom. The first-order valence-corrected chi connectivity index (χ1v) is 3.25. The van der Waals surface area contributed by atoms with Crippen LogP contribution in [0.4, 0.5) is 0 Å². The van der Waals surface area contributed by atoms with Crippen molar-refractivity contribution in [2.45, 2.75) is 13.0 Å². The molecule has 0 aliphatic heterocycles. The van der Waals surface area contributed by atoms with Gasteiger partial charge >= 0.3 is 0 Å². The summed E-state index contributed by atoms with van der Waals surface area (Å²) in [5, 5.41) is 8.88. The largest absolute Gasteiger partial charge is 0.388 e. The molecule has 0 saturated heterocycles. The topological polar surface area (TPSA) is 33.1 Å². The van der Waals surface area contributed by atoms with Gasteiger partial charge in [0.15, 0.2) is 0 Å². The smallest absolute Gasteiger partial charge is 0.0870 e. The quantitative estimate of drug-likeness (QED) is 0.686. The summed E-state index contributed by atoms with van der Waals surface area (Å²) in [6.45, 7) is 1.73. The van der Waals surface area contributed by atoms with Crippen LogP contribution >= 0.6 is 23.7 Å². The van der Waals surface area contributed by atoms with Crippen molar-refractivity contribution in [1.82, 2.24) is 4.98 Å². The Hall–Kier alpha value is -0.120. The van der Waals surface area contributed by atoms with E-state index < -0.39 is 0 Å². The van der Waals surface area contributed by atoms with Crippen LogP contribution < -0.4 is 0 Å². The highest BCUT2D eigenvalue weighted by molar-refractivity contribution is 7.09. The van der Waals surface area contributed by atoms with Crippen molar-refractivity contribution >= 4 is 23.7 Å². The van der Waals surface area contributed by atoms with E-state index in [9.17, 15) is 0 Å². The molecule has 4 heteroatoms. The van der Waals surface area contributed by atoms with E-state index in [-0.39, 0.29) is 18.5 Å². The number of aliphatic hydroxyl groups excluding tert-OH is 1. The molecule has 0 bridgehead atoms. The van der Waals surface area contributed by atoms with Crippen molar-refractivity contribution < 1.29 is 5.11 Å². The number of thiazole rings is 1. The molecule has 0 spiro atoms. The Kier molecular flexibility index (Phi) is 3.77. The third-order valence-corrected chi connectivity index (χ3v) is 1.81. The molecule has 1 atom stereocenters. The molecule has 1 rings (SSSR count). The number of hydrogen-bond acceptors (Lipinski definition) is 3. The molecule has 0 aliphatic carbocycles. The van der Waals surface area contributed by atoms with Gasteiger partial charge in [0.05, 0.1) is 16.5 Å². The Morgan fingerprint density at radius 3 is 2.67 bits per heavy atom. The van der Waals surface area contributed by atoms with Gasteiger partial charge in [0.25, 0.3) is 0 Å². The summed E-state index contributed by atoms with van der Waals surface area (Å²) >= 11 is 1.47. The van der Waals surface area contributed by atoms with Crippen LogP contribution in [0.3, 0.4) is 0 Å². The second-order valence-corrected chi connectivity index (χ2v) is 2.50. The molecule has 0 aliphatic rings. The lowest BCUT2D eigenvalue weighted by molar-refractivity contribution is 0.203. The van der Waals surface area contributed by atoms with Crippen LogP contribution in [0.2, 0.25) is 0 Å². The van der Waals surface area contributed by atoms with Gasteiger partial charge in [-0.05, 0) is 6.92 Å². The van der Waals surface area contributed by atoms with E-state index in [0.29, 0.717) is 0 Å². The van der Waals surface area contributed by atoms with Gasteiger partial charge in [-0.2, -0.15) is 0 Å². The van der Waals surface area contributed by atoms with Crippen LogP contribution in [0.25, 0.3) is 0 Å². The van der Waals surface area contributed by atoms with Gasteiger partial charge in [0, 0.05) is 6.20 Å². The fourth-order valence-corrected chi connectivity index (χ4v) is 0.994. The number of aromatic nitrogens is 1. The van der Waals surface area contributed by atoms with Crippen molar-refractivity contribution in [2.24, 2.45) is 0 Å². The predicted octanol–water partition coefficient (Wildman–Crippen LogP) is 1.62. The zero-order valence-electron chi connectivity index (χ0n) is 4.94. The molecule has 1 aromatic rings. The molecule has 0 amide bonds. The first-order chi connectivity index (χ1) is 3.80. The van der Waals surface area contributed by atoms with Gasteiger partial charge in [-0.15, -0.1) is 23.7 Å². The second kappa shape index (κ2) is 3.82. The monoisotopic (exact) mass is 165 g/mol. The highest BCUT2D eigenvalue weighted by Crippen LogP contribution is 2.14. The van der Waals surface area contributed by atoms with E-state index in [2.05, 4.69) is 4.98 Å². The number of aliphatic hydroxyl groups is 1. The molecule has 0 unspecified atom stereocenters. The molecule has 0 aromatic carbocycles. The molecular weight excluding hydrogens is 158 g/mol. The van der Waals surface area contributed by atoms with Crippen LogP contribution in [0.1, 0.15) is 17.9 Å². The van der Waals surface area contributed by atoms with Gasteiger partial charge in [-0.25, -0.2) is 0 Å². The summed E-state index contributed by atoms with van der Waals surface area (Å²) in [5.74, 6) is 0. The maximum atomic E-state index is 8.88. The van der Waals surface area contributed by atoms with Crippen LogP contribution in [0.15, 0.2) is 11.7 Å². The lowest BCUT2D eigenvalue weighted by Gasteiger charge is -1.93. The fraction of sp³-hybridized carbons (Fsp3) is 0.400. The van der Waals surface area contributed by atoms with E-state index in [1.165, 1.54) is 11.3 Å². The van der Waals surface area contributed by atoms with E-state index >= 15 is 0 Å². The fourth-order valence-electron chi connectivity index (χ4n) is 0.432. The van der Waals surface area contributed by atoms with Crippen molar-refractivity contribution in [3.05, 3.63) is 16.6 Å². The molecule has 1 aromatic heterocycles. The molecule has 0 fully saturated rings. The average molecular weight is 166 g/mol. The predicted molar refractivity (Wildman–Crippen MR) is 40.0 cm³/mol. The molecular formula is C5H8ClNOS. The second-order valence-electron chi connectivity index (χ2n) is 1.58. The molecule has 9 heavy (non-hydrogen) atoms. The third kappa shape index (κ3) is 2.30. The minimum atomic E-state index is -0.359. The standard InChI is InChI=1S/C5H7NOS.ClH/c1-4(7)5-2-6-3-8-5;/h2-4,7H,1H3;1H/t4-;/m0./s1. The third-order valence-electron chi connectivity index (χ3n) is 0.863. The molecule has 0 radical (unpaired) electrons. The summed E-state index contributed by atoms with van der Waals surface area (Å²) in [7, 11) is 0. The molecule has 1 heterocycles. The van der Waals surface area contributed by atoms with E-state index in [1.54, 1.807) is 18.6 Å². The molecule has 52 valence electrons. The first-order valence-electron chi connectivity index (χ1n) is 2.37. The van der Waals surface area contributed by atoms with Gasteiger partial charge < -0.3 is 5.11 Å². The summed E-state index contributed by atoms with van der Waals surface area (Å²) in [6.07, 6.45) is 1.32. The van der Waals surface area contributed by atoms with Gasteiger partial charge in [0.1, 0.15) is 0 Å². The number of rotatable bonds is 1. The Balaban J connectivity index is 0.000000640. The van der Waals surface area contributed by atoms with E-state index in [1.807, 2.05) is 0 Å². The zero-order valence-corrected chi connectivity index (χ0v) is 6.58. The highest BCUT2D eigenvalue weighted by Gasteiger charge is 1.98. The van der Waals surface area contributed by atoms with Gasteiger partial charge in [0.2, 0.25) is 0 Å². The normalized spacial score (nSPS) is 12.2. The minimum Gasteiger partial charge on any atom is -0.388 e. The van der Waals surface area contributed by atoms with Crippen LogP contribution in [0.5, 0.6) is 0 Å². The molecule has 1 N–H and O–H groups in total. The van der Waals surface area contributed by atoms with E-state index in [0.717, 1.165) is 4.88 Å². The van der Waals surface area contributed by atoms with E-state index in [4.69, 9.17) is 5.11 Å². The lowest BCUT2D eigenvalue weighted by Crippen LogP contribution is -1.83. The Morgan fingerprint density at radius 2 is 2.44 bits per heavy atom. The van der Waals surface area contributed by atoms with Crippen molar-refractivity contribution in [2.75, 3.05) is 0 Å². The van der Waals surface area contributed by atoms with Gasteiger partial charge in [-0.1, -0.05) is 0 Å². The summed E-state index contributed by atoms with van der Waals surface area (Å²) in [5.41, 5.74) is 1.71. The number of hydrogen-bond donors (Lipinski definition) is 1. The van der Waals surface area contributed by atoms with Crippen molar-refractivity contribution in [1.29, 1.82) is 0 Å². The molecule has 0 saturated carbocycles. The Labute approximate surface area is 64.0 Å². The van der Waals surface area contributed by atoms with Gasteiger partial charge in [-0.3, -0.25) is 4.98 Å². The minimum absolute atomic E-state index is 0. The SMILES string of the molecule is C[C@H](O)c1cncs1.Cl. The summed E-state index contributed by atoms with van der Waals surface area (Å²) in [4.78, 5) is 4.72. The van der Waals surface area contributed by atoms with Crippen LogP contribution in [0, 0.1) is 0 Å². The first kappa shape index (κ1) is 8.88. The van der Waals surface area contributed by atoms with Crippen LogP contribution in [-0.4, -0.2) is 10.1 Å².